The van der Waals surface area contributed by atoms with Crippen molar-refractivity contribution in [2.75, 3.05) is 5.32 Å². The second-order valence-electron chi connectivity index (χ2n) is 9.07. The molecule has 1 atom stereocenters. The monoisotopic (exact) mass is 498 g/mol. The molecule has 0 spiro atoms. The lowest BCUT2D eigenvalue weighted by Gasteiger charge is -2.19. The number of oxazole rings is 1. The molecule has 3 N–H and O–H groups in total. The number of hydrogen-bond donors (Lipinski definition) is 3. The smallest absolute Gasteiger partial charge is 0.253 e. The first-order valence-electron chi connectivity index (χ1n) is 11.9. The van der Waals surface area contributed by atoms with Crippen molar-refractivity contribution < 1.29 is 14.0 Å². The summed E-state index contributed by atoms with van der Waals surface area (Å²) in [6, 6.07) is 19.2. The summed E-state index contributed by atoms with van der Waals surface area (Å²) in [6.45, 7) is 0. The highest BCUT2D eigenvalue weighted by Crippen LogP contribution is 2.40. The van der Waals surface area contributed by atoms with Crippen LogP contribution in [0.4, 0.5) is 5.69 Å². The third kappa shape index (κ3) is 4.45. The molecular formula is C28H23ClN4O3. The van der Waals surface area contributed by atoms with Gasteiger partial charge in [0.05, 0.1) is 10.6 Å². The molecule has 0 radical (unpaired) electrons. The van der Waals surface area contributed by atoms with Crippen LogP contribution >= 0.6 is 11.6 Å². The summed E-state index contributed by atoms with van der Waals surface area (Å²) in [7, 11) is 0. The van der Waals surface area contributed by atoms with E-state index in [9.17, 15) is 9.59 Å². The molecule has 1 aliphatic rings. The van der Waals surface area contributed by atoms with Crippen LogP contribution in [0, 0.1) is 0 Å². The Bertz CT molecular complexity index is 1600. The molecule has 3 aromatic carbocycles. The van der Waals surface area contributed by atoms with Gasteiger partial charge in [-0.05, 0) is 54.8 Å². The lowest BCUT2D eigenvalue weighted by Crippen LogP contribution is -2.45. The van der Waals surface area contributed by atoms with Crippen LogP contribution in [-0.2, 0) is 11.2 Å². The average molecular weight is 499 g/mol. The fourth-order valence-electron chi connectivity index (χ4n) is 4.37. The third-order valence-corrected chi connectivity index (χ3v) is 6.77. The Morgan fingerprint density at radius 2 is 1.89 bits per heavy atom. The van der Waals surface area contributed by atoms with Crippen molar-refractivity contribution in [1.82, 2.24) is 15.3 Å². The third-order valence-electron chi connectivity index (χ3n) is 6.44. The Morgan fingerprint density at radius 3 is 2.72 bits per heavy atom. The van der Waals surface area contributed by atoms with Gasteiger partial charge in [0.15, 0.2) is 11.5 Å². The van der Waals surface area contributed by atoms with Crippen LogP contribution in [0.3, 0.4) is 0 Å². The fraction of sp³-hybridized carbons (Fsp3) is 0.179. The highest BCUT2D eigenvalue weighted by atomic mass is 35.5. The van der Waals surface area contributed by atoms with E-state index in [1.807, 2.05) is 30.5 Å². The van der Waals surface area contributed by atoms with Crippen molar-refractivity contribution in [3.63, 3.8) is 0 Å². The average Bonchev–Trinajstić information content (AvgIpc) is 3.53. The second-order valence-corrected chi connectivity index (χ2v) is 9.47. The van der Waals surface area contributed by atoms with E-state index in [-0.39, 0.29) is 5.91 Å². The number of fused-ring (bicyclic) bond motifs is 2. The molecule has 7 nitrogen and oxygen atoms in total. The predicted molar refractivity (Wildman–Crippen MR) is 139 cm³/mol. The van der Waals surface area contributed by atoms with Gasteiger partial charge in [-0.2, -0.15) is 0 Å². The van der Waals surface area contributed by atoms with Gasteiger partial charge < -0.3 is 20.0 Å². The number of halogens is 1. The quantitative estimate of drug-likeness (QED) is 0.263. The van der Waals surface area contributed by atoms with Gasteiger partial charge in [-0.25, -0.2) is 4.98 Å². The maximum Gasteiger partial charge on any atom is 0.253 e. The van der Waals surface area contributed by atoms with Gasteiger partial charge >= 0.3 is 0 Å². The number of anilines is 1. The summed E-state index contributed by atoms with van der Waals surface area (Å²) in [5, 5.41) is 7.14. The number of nitrogens with zero attached hydrogens (tertiary/aromatic N) is 1. The van der Waals surface area contributed by atoms with Gasteiger partial charge in [-0.15, -0.1) is 0 Å². The maximum absolute atomic E-state index is 13.5. The number of rotatable bonds is 7. The molecule has 2 amide bonds. The number of para-hydroxylation sites is 1. The number of carbonyl (C=O) groups excluding carboxylic acids is 2. The molecule has 5 aromatic rings. The van der Waals surface area contributed by atoms with Gasteiger partial charge in [-0.3, -0.25) is 9.59 Å². The highest BCUT2D eigenvalue weighted by Gasteiger charge is 2.29. The van der Waals surface area contributed by atoms with Gasteiger partial charge in [0.1, 0.15) is 11.6 Å². The van der Waals surface area contributed by atoms with Crippen LogP contribution in [0.2, 0.25) is 5.02 Å². The van der Waals surface area contributed by atoms with Crippen LogP contribution in [0.5, 0.6) is 0 Å². The molecule has 0 saturated heterocycles. The number of amides is 2. The maximum atomic E-state index is 13.5. The Balaban J connectivity index is 1.27. The topological polar surface area (TPSA) is 100 Å². The molecule has 180 valence electrons. The number of nitrogens with one attached hydrogen (secondary N) is 3. The Hall–Kier alpha value is -4.10. The number of hydrogen-bond acceptors (Lipinski definition) is 4. The lowest BCUT2D eigenvalue weighted by molar-refractivity contribution is -0.118. The molecule has 0 bridgehead atoms. The molecule has 36 heavy (non-hydrogen) atoms. The number of aromatic nitrogens is 2. The van der Waals surface area contributed by atoms with Gasteiger partial charge in [-0.1, -0.05) is 41.9 Å². The summed E-state index contributed by atoms with van der Waals surface area (Å²) in [6.07, 6.45) is 4.35. The van der Waals surface area contributed by atoms with Gasteiger partial charge in [0.25, 0.3) is 5.91 Å². The van der Waals surface area contributed by atoms with E-state index in [2.05, 4.69) is 20.6 Å². The van der Waals surface area contributed by atoms with Gasteiger partial charge in [0, 0.05) is 35.1 Å². The Labute approximate surface area is 211 Å². The standard InChI is InChI=1S/C28H23ClN4O3/c29-21-7-3-1-6-20(21)26(34)32-24(13-17-15-30-22-8-4-2-5-19(17)22)27(35)31-18-11-12-25-23(14-18)33-28(36-25)16-9-10-16/h1-8,11-12,14-16,24,30H,9-10,13H2,(H,31,35)(H,32,34). The first kappa shape index (κ1) is 22.4. The molecule has 1 aliphatic carbocycles. The van der Waals surface area contributed by atoms with E-state index >= 15 is 0 Å². The molecule has 2 aromatic heterocycles. The zero-order valence-electron chi connectivity index (χ0n) is 19.3. The first-order valence-corrected chi connectivity index (χ1v) is 12.2. The predicted octanol–water partition coefficient (Wildman–Crippen LogP) is 5.82. The molecule has 8 heteroatoms. The zero-order valence-corrected chi connectivity index (χ0v) is 20.0. The summed E-state index contributed by atoms with van der Waals surface area (Å²) >= 11 is 6.23. The molecular weight excluding hydrogens is 476 g/mol. The van der Waals surface area contributed by atoms with E-state index in [4.69, 9.17) is 16.0 Å². The van der Waals surface area contributed by atoms with Crippen molar-refractivity contribution in [3.8, 4) is 0 Å². The van der Waals surface area contributed by atoms with Gasteiger partial charge in [0.2, 0.25) is 5.91 Å². The van der Waals surface area contributed by atoms with Crippen molar-refractivity contribution >= 4 is 51.1 Å². The largest absolute Gasteiger partial charge is 0.440 e. The van der Waals surface area contributed by atoms with Crippen LogP contribution in [0.25, 0.3) is 22.0 Å². The van der Waals surface area contributed by atoms with Crippen LogP contribution in [0.15, 0.2) is 77.3 Å². The summed E-state index contributed by atoms with van der Waals surface area (Å²) in [5.74, 6) is 0.390. The van der Waals surface area contributed by atoms with Crippen molar-refractivity contribution in [2.24, 2.45) is 0 Å². The van der Waals surface area contributed by atoms with Crippen LogP contribution < -0.4 is 10.6 Å². The minimum Gasteiger partial charge on any atom is -0.440 e. The first-order chi connectivity index (χ1) is 17.5. The summed E-state index contributed by atoms with van der Waals surface area (Å²) in [4.78, 5) is 34.3. The van der Waals surface area contributed by atoms with E-state index in [0.717, 1.165) is 35.2 Å². The summed E-state index contributed by atoms with van der Waals surface area (Å²) in [5.41, 5.74) is 4.17. The Morgan fingerprint density at radius 1 is 1.08 bits per heavy atom. The number of carbonyl (C=O) groups is 2. The minimum absolute atomic E-state index is 0.296. The second kappa shape index (κ2) is 9.17. The molecule has 1 saturated carbocycles. The lowest BCUT2D eigenvalue weighted by atomic mass is 10.0. The molecule has 2 heterocycles. The SMILES string of the molecule is O=C(NC(Cc1c[nH]c2ccccc12)C(=O)Nc1ccc2oc(C3CC3)nc2c1)c1ccccc1Cl. The van der Waals surface area contributed by atoms with E-state index in [0.29, 0.717) is 39.7 Å². The van der Waals surface area contributed by atoms with Crippen molar-refractivity contribution in [3.05, 3.63) is 95.0 Å². The van der Waals surface area contributed by atoms with E-state index in [1.54, 1.807) is 42.5 Å². The van der Waals surface area contributed by atoms with Crippen LogP contribution in [-0.4, -0.2) is 27.8 Å². The molecule has 0 aliphatic heterocycles. The van der Waals surface area contributed by atoms with E-state index in [1.165, 1.54) is 0 Å². The minimum atomic E-state index is -0.844. The van der Waals surface area contributed by atoms with Crippen molar-refractivity contribution in [1.29, 1.82) is 0 Å². The number of H-pyrrole nitrogens is 1. The zero-order chi connectivity index (χ0) is 24.6. The Kier molecular flexibility index (Phi) is 5.70. The molecule has 1 unspecified atom stereocenters. The normalized spacial score (nSPS) is 14.1. The number of aromatic amines is 1. The fourth-order valence-corrected chi connectivity index (χ4v) is 4.59. The van der Waals surface area contributed by atoms with Crippen LogP contribution in [0.1, 0.15) is 40.6 Å². The molecule has 6 rings (SSSR count). The van der Waals surface area contributed by atoms with E-state index < -0.39 is 11.9 Å². The summed E-state index contributed by atoms with van der Waals surface area (Å²) < 4.78 is 5.83. The molecule has 1 fully saturated rings. The highest BCUT2D eigenvalue weighted by molar-refractivity contribution is 6.33. The van der Waals surface area contributed by atoms with Crippen molar-refractivity contribution in [2.45, 2.75) is 31.2 Å². The number of benzene rings is 3.